The van der Waals surface area contributed by atoms with E-state index < -0.39 is 0 Å². The molecule has 0 aliphatic carbocycles. The molecule has 2 N–H and O–H groups in total. The first-order valence-electron chi connectivity index (χ1n) is 11.8. The number of carbonyl (C=O) groups excluding carboxylic acids is 2. The third kappa shape index (κ3) is 5.27. The van der Waals surface area contributed by atoms with Crippen molar-refractivity contribution in [3.05, 3.63) is 89.4 Å². The molecule has 35 heavy (non-hydrogen) atoms. The van der Waals surface area contributed by atoms with E-state index in [0.29, 0.717) is 35.8 Å². The number of carbonyl (C=O) groups is 2. The Hall–Kier alpha value is -3.91. The van der Waals surface area contributed by atoms with Crippen LogP contribution in [0.3, 0.4) is 0 Å². The fourth-order valence-electron chi connectivity index (χ4n) is 4.35. The zero-order valence-electron chi connectivity index (χ0n) is 20.2. The van der Waals surface area contributed by atoms with E-state index in [1.807, 2.05) is 31.2 Å². The Morgan fingerprint density at radius 2 is 2.00 bits per heavy atom. The highest BCUT2D eigenvalue weighted by atomic mass is 16.5. The predicted octanol–water partition coefficient (Wildman–Crippen LogP) is 2.90. The first-order chi connectivity index (χ1) is 17.0. The third-order valence-corrected chi connectivity index (χ3v) is 6.19. The van der Waals surface area contributed by atoms with Crippen LogP contribution < -0.4 is 20.3 Å². The Morgan fingerprint density at radius 3 is 2.71 bits per heavy atom. The number of methoxy groups -OCH3 is 1. The maximum atomic E-state index is 13.2. The van der Waals surface area contributed by atoms with Crippen molar-refractivity contribution in [1.29, 1.82) is 0 Å². The van der Waals surface area contributed by atoms with Crippen molar-refractivity contribution in [2.24, 2.45) is 0 Å². The molecule has 2 aliphatic heterocycles. The number of hydrogen-bond donors (Lipinski definition) is 2. The first kappa shape index (κ1) is 24.2. The Balaban J connectivity index is 1.54. The molecule has 3 heterocycles. The maximum absolute atomic E-state index is 13.2. The second-order valence-corrected chi connectivity index (χ2v) is 8.29. The van der Waals surface area contributed by atoms with Crippen molar-refractivity contribution in [3.63, 3.8) is 0 Å². The number of fused-ring (bicyclic) bond motifs is 1. The summed E-state index contributed by atoms with van der Waals surface area (Å²) in [6, 6.07) is 10.7. The summed E-state index contributed by atoms with van der Waals surface area (Å²) in [7, 11) is 1.58. The summed E-state index contributed by atoms with van der Waals surface area (Å²) < 4.78 is 5.29. The normalized spacial score (nSPS) is 16.6. The Morgan fingerprint density at radius 1 is 1.20 bits per heavy atom. The van der Waals surface area contributed by atoms with E-state index in [-0.39, 0.29) is 17.5 Å². The van der Waals surface area contributed by atoms with Gasteiger partial charge in [-0.15, -0.1) is 0 Å². The zero-order chi connectivity index (χ0) is 24.8. The number of hydrogen-bond acceptors (Lipinski definition) is 6. The molecule has 0 saturated carbocycles. The standard InChI is InChI=1S/C27H31N5O3/c1-4-7-24(31-16-13-28-14-17-31)22(5-2)30-26(33)23-8-6-9-25(29-23)32-15-12-19-10-11-20(35-3)18-21(19)27(32)34/h4-11,18,28H,1,12-17H2,2-3H3,(H,30,33)/b22-5+,24-7+. The van der Waals surface area contributed by atoms with Gasteiger partial charge >= 0.3 is 0 Å². The molecule has 1 aromatic carbocycles. The van der Waals surface area contributed by atoms with Crippen LogP contribution in [0.15, 0.2) is 72.6 Å². The van der Waals surface area contributed by atoms with Gasteiger partial charge in [0.15, 0.2) is 0 Å². The van der Waals surface area contributed by atoms with E-state index in [0.717, 1.165) is 37.4 Å². The fraction of sp³-hybridized carbons (Fsp3) is 0.296. The van der Waals surface area contributed by atoms with Crippen LogP contribution >= 0.6 is 0 Å². The second-order valence-electron chi connectivity index (χ2n) is 8.29. The first-order valence-corrected chi connectivity index (χ1v) is 11.8. The Labute approximate surface area is 206 Å². The highest BCUT2D eigenvalue weighted by Crippen LogP contribution is 2.27. The van der Waals surface area contributed by atoms with Crippen molar-refractivity contribution < 1.29 is 14.3 Å². The summed E-state index contributed by atoms with van der Waals surface area (Å²) in [5, 5.41) is 6.34. The number of rotatable bonds is 7. The molecule has 0 bridgehead atoms. The van der Waals surface area contributed by atoms with Crippen molar-refractivity contribution >= 4 is 17.6 Å². The van der Waals surface area contributed by atoms with Gasteiger partial charge in [0.1, 0.15) is 17.3 Å². The number of piperazine rings is 1. The number of allylic oxidation sites excluding steroid dienone is 3. The molecule has 8 heteroatoms. The molecule has 2 amide bonds. The van der Waals surface area contributed by atoms with Crippen molar-refractivity contribution in [2.45, 2.75) is 13.3 Å². The Kier molecular flexibility index (Phi) is 7.62. The SMILES string of the molecule is C=C/C=C(\C(=C/C)NC(=O)c1cccc(N2CCc3ccc(OC)cc3C2=O)n1)N1CCNCC1. The van der Waals surface area contributed by atoms with Gasteiger partial charge in [-0.1, -0.05) is 30.9 Å². The molecular formula is C27H31N5O3. The molecule has 1 aromatic heterocycles. The minimum Gasteiger partial charge on any atom is -0.497 e. The van der Waals surface area contributed by atoms with E-state index in [9.17, 15) is 9.59 Å². The predicted molar refractivity (Wildman–Crippen MR) is 137 cm³/mol. The monoisotopic (exact) mass is 473 g/mol. The van der Waals surface area contributed by atoms with E-state index in [4.69, 9.17) is 4.74 Å². The number of amides is 2. The lowest BCUT2D eigenvalue weighted by Crippen LogP contribution is -2.44. The van der Waals surface area contributed by atoms with Crippen LogP contribution in [0.25, 0.3) is 0 Å². The minimum absolute atomic E-state index is 0.153. The van der Waals surface area contributed by atoms with Gasteiger partial charge in [0.05, 0.1) is 18.5 Å². The van der Waals surface area contributed by atoms with Crippen LogP contribution in [0.1, 0.15) is 33.3 Å². The summed E-state index contributed by atoms with van der Waals surface area (Å²) in [5.74, 6) is 0.588. The number of anilines is 1. The molecule has 1 saturated heterocycles. The van der Waals surface area contributed by atoms with Crippen LogP contribution in [0.4, 0.5) is 5.82 Å². The lowest BCUT2D eigenvalue weighted by atomic mass is 9.98. The van der Waals surface area contributed by atoms with Gasteiger partial charge in [-0.05, 0) is 49.2 Å². The van der Waals surface area contributed by atoms with Crippen LogP contribution in [0.2, 0.25) is 0 Å². The Bertz CT molecular complexity index is 1180. The largest absolute Gasteiger partial charge is 0.497 e. The van der Waals surface area contributed by atoms with Gasteiger partial charge in [0, 0.05) is 38.3 Å². The summed E-state index contributed by atoms with van der Waals surface area (Å²) in [4.78, 5) is 34.8. The third-order valence-electron chi connectivity index (χ3n) is 6.19. The highest BCUT2D eigenvalue weighted by molar-refractivity contribution is 6.08. The maximum Gasteiger partial charge on any atom is 0.274 e. The lowest BCUT2D eigenvalue weighted by molar-refractivity contribution is 0.0953. The van der Waals surface area contributed by atoms with Crippen LogP contribution in [0, 0.1) is 0 Å². The quantitative estimate of drug-likeness (QED) is 0.602. The highest BCUT2D eigenvalue weighted by Gasteiger charge is 2.27. The van der Waals surface area contributed by atoms with E-state index >= 15 is 0 Å². The van der Waals surface area contributed by atoms with Gasteiger partial charge in [0.25, 0.3) is 11.8 Å². The van der Waals surface area contributed by atoms with E-state index in [2.05, 4.69) is 27.1 Å². The summed E-state index contributed by atoms with van der Waals surface area (Å²) >= 11 is 0. The smallest absolute Gasteiger partial charge is 0.274 e. The summed E-state index contributed by atoms with van der Waals surface area (Å²) in [6.07, 6.45) is 6.20. The number of aromatic nitrogens is 1. The molecule has 2 aromatic rings. The topological polar surface area (TPSA) is 86.8 Å². The molecule has 182 valence electrons. The van der Waals surface area contributed by atoms with E-state index in [1.54, 1.807) is 42.4 Å². The van der Waals surface area contributed by atoms with Crippen molar-refractivity contribution in [1.82, 2.24) is 20.5 Å². The lowest BCUT2D eigenvalue weighted by Gasteiger charge is -2.32. The van der Waals surface area contributed by atoms with Gasteiger partial charge in [-0.2, -0.15) is 0 Å². The van der Waals surface area contributed by atoms with Gasteiger partial charge in [-0.3, -0.25) is 14.5 Å². The molecular weight excluding hydrogens is 442 g/mol. The average Bonchev–Trinajstić information content (AvgIpc) is 2.91. The van der Waals surface area contributed by atoms with Crippen molar-refractivity contribution in [3.8, 4) is 5.75 Å². The average molecular weight is 474 g/mol. The van der Waals surface area contributed by atoms with Gasteiger partial charge in [-0.25, -0.2) is 4.98 Å². The van der Waals surface area contributed by atoms with Crippen molar-refractivity contribution in [2.75, 3.05) is 44.7 Å². The van der Waals surface area contributed by atoms with Gasteiger partial charge < -0.3 is 20.3 Å². The van der Waals surface area contributed by atoms with E-state index in [1.165, 1.54) is 0 Å². The molecule has 0 unspecified atom stereocenters. The summed E-state index contributed by atoms with van der Waals surface area (Å²) in [5.41, 5.74) is 3.42. The molecule has 4 rings (SSSR count). The molecule has 0 spiro atoms. The van der Waals surface area contributed by atoms with Crippen LogP contribution in [-0.4, -0.2) is 61.5 Å². The van der Waals surface area contributed by atoms with Crippen LogP contribution in [0.5, 0.6) is 5.75 Å². The van der Waals surface area contributed by atoms with Crippen LogP contribution in [-0.2, 0) is 6.42 Å². The zero-order valence-corrected chi connectivity index (χ0v) is 20.2. The molecule has 2 aliphatic rings. The number of nitrogens with zero attached hydrogens (tertiary/aromatic N) is 3. The minimum atomic E-state index is -0.337. The fourth-order valence-corrected chi connectivity index (χ4v) is 4.35. The number of nitrogens with one attached hydrogen (secondary N) is 2. The molecule has 8 nitrogen and oxygen atoms in total. The molecule has 0 atom stereocenters. The number of ether oxygens (including phenoxy) is 1. The number of benzene rings is 1. The van der Waals surface area contributed by atoms with Gasteiger partial charge in [0.2, 0.25) is 0 Å². The molecule has 0 radical (unpaired) electrons. The number of pyridine rings is 1. The molecule has 1 fully saturated rings. The summed E-state index contributed by atoms with van der Waals surface area (Å²) in [6.45, 7) is 9.64. The second kappa shape index (κ2) is 11.0.